The Balaban J connectivity index is 3.03. The molecule has 1 aromatic heterocycles. The van der Waals surface area contributed by atoms with Crippen molar-refractivity contribution >= 4 is 0 Å². The lowest BCUT2D eigenvalue weighted by Crippen LogP contribution is -1.91. The summed E-state index contributed by atoms with van der Waals surface area (Å²) in [7, 11) is 0. The van der Waals surface area contributed by atoms with Gasteiger partial charge in [-0.15, -0.1) is 0 Å². The van der Waals surface area contributed by atoms with Crippen molar-refractivity contribution in [2.45, 2.75) is 6.58 Å². The largest absolute Gasteiger partial charge is 0.390 e. The van der Waals surface area contributed by atoms with E-state index in [2.05, 4.69) is 4.98 Å². The highest BCUT2D eigenvalue weighted by Crippen LogP contribution is 2.00. The molecule has 48 valence electrons. The van der Waals surface area contributed by atoms with Crippen LogP contribution in [0.2, 0.25) is 0 Å². The number of aliphatic hydroxyl groups is 1. The van der Waals surface area contributed by atoms with E-state index in [1.165, 1.54) is 12.3 Å². The van der Waals surface area contributed by atoms with E-state index in [9.17, 15) is 4.39 Å². The van der Waals surface area contributed by atoms with Gasteiger partial charge in [-0.2, -0.15) is 0 Å². The van der Waals surface area contributed by atoms with Crippen molar-refractivity contribution in [2.75, 3.05) is 0 Å². The van der Waals surface area contributed by atoms with Crippen molar-refractivity contribution in [3.63, 3.8) is 0 Å². The molecule has 0 fully saturated rings. The second kappa shape index (κ2) is 2.55. The second-order valence-electron chi connectivity index (χ2n) is 1.50. The number of hydrogen-bond acceptors (Lipinski definition) is 2. The molecule has 0 saturated carbocycles. The van der Waals surface area contributed by atoms with Gasteiger partial charge in [-0.05, 0) is 12.1 Å². The van der Waals surface area contributed by atoms with Crippen LogP contribution in [0.25, 0.3) is 0 Å². The molecule has 0 aromatic carbocycles. The Kier molecular flexibility index (Phi) is 1.38. The first kappa shape index (κ1) is 4.88. The molecule has 0 aliphatic heterocycles. The molecule has 1 N–H and O–H groups in total. The van der Waals surface area contributed by atoms with Crippen molar-refractivity contribution in [1.29, 1.82) is 0 Å². The molecular formula is C6H6FNO. The Morgan fingerprint density at radius 2 is 2.67 bits per heavy atom. The fourth-order valence-corrected chi connectivity index (χ4v) is 0.493. The first-order valence-electron chi connectivity index (χ1n) is 3.00. The number of aliphatic hydroxyl groups excluding tert-OH is 1. The Hall–Kier alpha value is -0.960. The zero-order chi connectivity index (χ0) is 7.56. The quantitative estimate of drug-likeness (QED) is 0.604. The van der Waals surface area contributed by atoms with Crippen LogP contribution in [0.4, 0.5) is 4.39 Å². The first-order valence-corrected chi connectivity index (χ1v) is 2.42. The molecule has 1 atom stereocenters. The van der Waals surface area contributed by atoms with Crippen LogP contribution >= 0.6 is 0 Å². The van der Waals surface area contributed by atoms with E-state index >= 15 is 0 Å². The molecule has 3 heteroatoms. The monoisotopic (exact) mass is 128 g/mol. The summed E-state index contributed by atoms with van der Waals surface area (Å²) in [6.45, 7) is -1.58. The summed E-state index contributed by atoms with van der Waals surface area (Å²) in [6.07, 6.45) is 1.33. The molecule has 0 aliphatic rings. The van der Waals surface area contributed by atoms with Crippen LogP contribution in [-0.4, -0.2) is 10.1 Å². The highest BCUT2D eigenvalue weighted by Gasteiger charge is 1.96. The van der Waals surface area contributed by atoms with Gasteiger partial charge in [0.1, 0.15) is 11.5 Å². The molecular weight excluding hydrogens is 121 g/mol. The molecule has 0 aliphatic carbocycles. The minimum Gasteiger partial charge on any atom is -0.390 e. The molecule has 0 bridgehead atoms. The summed E-state index contributed by atoms with van der Waals surface area (Å²) in [5, 5.41) is 8.57. The summed E-state index contributed by atoms with van der Waals surface area (Å²) in [4.78, 5) is 3.47. The van der Waals surface area contributed by atoms with Crippen LogP contribution < -0.4 is 0 Å². The van der Waals surface area contributed by atoms with Crippen molar-refractivity contribution in [2.24, 2.45) is 0 Å². The molecule has 0 radical (unpaired) electrons. The summed E-state index contributed by atoms with van der Waals surface area (Å²) in [5.74, 6) is -0.648. The van der Waals surface area contributed by atoms with Gasteiger partial charge in [0.2, 0.25) is 0 Å². The Bertz CT molecular complexity index is 229. The van der Waals surface area contributed by atoms with Crippen molar-refractivity contribution < 1.29 is 10.9 Å². The summed E-state index contributed by atoms with van der Waals surface area (Å²) in [5.41, 5.74) is -0.234. The number of aromatic nitrogens is 1. The second-order valence-corrected chi connectivity index (χ2v) is 1.50. The van der Waals surface area contributed by atoms with Gasteiger partial charge >= 0.3 is 0 Å². The predicted molar refractivity (Wildman–Crippen MR) is 30.1 cm³/mol. The normalized spacial score (nSPS) is 14.7. The average molecular weight is 128 g/mol. The third kappa shape index (κ3) is 1.23. The molecule has 9 heavy (non-hydrogen) atoms. The Labute approximate surface area is 53.4 Å². The van der Waals surface area contributed by atoms with E-state index in [-0.39, 0.29) is 5.69 Å². The topological polar surface area (TPSA) is 33.1 Å². The molecule has 0 saturated heterocycles. The first-order chi connectivity index (χ1) is 4.72. The minimum absolute atomic E-state index is 0.234. The van der Waals surface area contributed by atoms with E-state index in [4.69, 9.17) is 6.48 Å². The van der Waals surface area contributed by atoms with Crippen LogP contribution in [0, 0.1) is 5.82 Å². The summed E-state index contributed by atoms with van der Waals surface area (Å²) < 4.78 is 19.2. The van der Waals surface area contributed by atoms with Gasteiger partial charge in [-0.25, -0.2) is 4.39 Å². The highest BCUT2D eigenvalue weighted by atomic mass is 19.1. The number of pyridine rings is 1. The molecule has 1 aromatic rings. The van der Waals surface area contributed by atoms with Crippen LogP contribution in [0.5, 0.6) is 0 Å². The lowest BCUT2D eigenvalue weighted by Gasteiger charge is -1.93. The third-order valence-corrected chi connectivity index (χ3v) is 0.909. The average Bonchev–Trinajstić information content (AvgIpc) is 1.88. The van der Waals surface area contributed by atoms with Crippen LogP contribution in [0.3, 0.4) is 0 Å². The molecule has 2 nitrogen and oxygen atoms in total. The van der Waals surface area contributed by atoms with Crippen molar-refractivity contribution in [3.8, 4) is 0 Å². The molecule has 0 spiro atoms. The van der Waals surface area contributed by atoms with Gasteiger partial charge in [0.15, 0.2) is 0 Å². The SMILES string of the molecule is [2H]C(O)c1ncccc1F. The van der Waals surface area contributed by atoms with Crippen molar-refractivity contribution in [3.05, 3.63) is 29.8 Å². The maximum Gasteiger partial charge on any atom is 0.147 e. The highest BCUT2D eigenvalue weighted by molar-refractivity contribution is 5.05. The van der Waals surface area contributed by atoms with E-state index in [1.54, 1.807) is 0 Å². The van der Waals surface area contributed by atoms with E-state index < -0.39 is 12.4 Å². The maximum absolute atomic E-state index is 12.5. The predicted octanol–water partition coefficient (Wildman–Crippen LogP) is 0.713. The Morgan fingerprint density at radius 1 is 1.89 bits per heavy atom. The molecule has 1 unspecified atom stereocenters. The molecule has 1 heterocycles. The third-order valence-electron chi connectivity index (χ3n) is 0.909. The number of halogens is 1. The standard InChI is InChI=1S/C6H6FNO/c7-5-2-1-3-8-6(5)4-9/h1-3,9H,4H2/i4D. The number of rotatable bonds is 1. The number of nitrogens with zero attached hydrogens (tertiary/aromatic N) is 1. The van der Waals surface area contributed by atoms with E-state index in [0.717, 1.165) is 6.07 Å². The minimum atomic E-state index is -1.58. The van der Waals surface area contributed by atoms with E-state index in [0.29, 0.717) is 0 Å². The summed E-state index contributed by atoms with van der Waals surface area (Å²) in [6, 6.07) is 2.56. The zero-order valence-electron chi connectivity index (χ0n) is 5.58. The van der Waals surface area contributed by atoms with E-state index in [1.807, 2.05) is 0 Å². The van der Waals surface area contributed by atoms with Gasteiger partial charge in [0.25, 0.3) is 0 Å². The van der Waals surface area contributed by atoms with Crippen LogP contribution in [0.1, 0.15) is 7.06 Å². The summed E-state index contributed by atoms with van der Waals surface area (Å²) >= 11 is 0. The van der Waals surface area contributed by atoms with Gasteiger partial charge in [0.05, 0.1) is 7.95 Å². The number of hydrogen-bond donors (Lipinski definition) is 1. The molecule has 0 amide bonds. The van der Waals surface area contributed by atoms with Crippen LogP contribution in [0.15, 0.2) is 18.3 Å². The van der Waals surface area contributed by atoms with Crippen LogP contribution in [-0.2, 0) is 6.58 Å². The van der Waals surface area contributed by atoms with Gasteiger partial charge < -0.3 is 5.11 Å². The van der Waals surface area contributed by atoms with Gasteiger partial charge in [-0.3, -0.25) is 4.98 Å². The molecule has 1 rings (SSSR count). The smallest absolute Gasteiger partial charge is 0.147 e. The Morgan fingerprint density at radius 3 is 3.11 bits per heavy atom. The fourth-order valence-electron chi connectivity index (χ4n) is 0.493. The fraction of sp³-hybridized carbons (Fsp3) is 0.167. The van der Waals surface area contributed by atoms with Gasteiger partial charge in [0, 0.05) is 6.20 Å². The maximum atomic E-state index is 12.5. The zero-order valence-corrected chi connectivity index (χ0v) is 4.58. The van der Waals surface area contributed by atoms with Gasteiger partial charge in [-0.1, -0.05) is 0 Å². The lowest BCUT2D eigenvalue weighted by atomic mass is 10.3. The van der Waals surface area contributed by atoms with Crippen molar-refractivity contribution in [1.82, 2.24) is 4.98 Å². The lowest BCUT2D eigenvalue weighted by molar-refractivity contribution is 0.270.